The number of hydrogen-bond acceptors (Lipinski definition) is 4. The summed E-state index contributed by atoms with van der Waals surface area (Å²) in [7, 11) is 1.39. The number of rotatable bonds is 9. The molecule has 0 saturated carbocycles. The van der Waals surface area contributed by atoms with Crippen LogP contribution in [0.25, 0.3) is 0 Å². The van der Waals surface area contributed by atoms with Crippen LogP contribution in [0, 0.1) is 0 Å². The normalized spacial score (nSPS) is 10.2. The summed E-state index contributed by atoms with van der Waals surface area (Å²) in [6.07, 6.45) is 7.00. The molecule has 0 aliphatic rings. The van der Waals surface area contributed by atoms with Gasteiger partial charge in [-0.2, -0.15) is 5.10 Å². The molecule has 1 amide bonds. The minimum Gasteiger partial charge on any atom is -0.469 e. The maximum Gasteiger partial charge on any atom is 0.305 e. The van der Waals surface area contributed by atoms with E-state index in [0.29, 0.717) is 25.9 Å². The number of carbonyl (C=O) groups excluding carboxylic acids is 2. The highest BCUT2D eigenvalue weighted by Crippen LogP contribution is 2.00. The summed E-state index contributed by atoms with van der Waals surface area (Å²) in [5.74, 6) is -0.147. The lowest BCUT2D eigenvalue weighted by molar-refractivity contribution is -0.140. The molecule has 0 unspecified atom stereocenters. The molecule has 1 heterocycles. The zero-order chi connectivity index (χ0) is 13.9. The van der Waals surface area contributed by atoms with E-state index in [-0.39, 0.29) is 11.9 Å². The monoisotopic (exact) mass is 267 g/mol. The maximum absolute atomic E-state index is 11.5. The van der Waals surface area contributed by atoms with Gasteiger partial charge >= 0.3 is 5.97 Å². The van der Waals surface area contributed by atoms with Crippen LogP contribution in [0.4, 0.5) is 0 Å². The number of amides is 1. The van der Waals surface area contributed by atoms with Crippen LogP contribution in [0.2, 0.25) is 0 Å². The number of nitrogens with one attached hydrogen (secondary N) is 1. The van der Waals surface area contributed by atoms with E-state index in [0.717, 1.165) is 19.3 Å². The Hall–Kier alpha value is -1.85. The Morgan fingerprint density at radius 1 is 1.26 bits per heavy atom. The van der Waals surface area contributed by atoms with Crippen molar-refractivity contribution in [2.75, 3.05) is 13.7 Å². The van der Waals surface area contributed by atoms with Crippen molar-refractivity contribution in [3.05, 3.63) is 18.5 Å². The number of methoxy groups -OCH3 is 1. The van der Waals surface area contributed by atoms with Gasteiger partial charge in [0, 0.05) is 38.3 Å². The fourth-order valence-corrected chi connectivity index (χ4v) is 1.64. The van der Waals surface area contributed by atoms with Gasteiger partial charge < -0.3 is 10.1 Å². The molecule has 0 saturated heterocycles. The van der Waals surface area contributed by atoms with Gasteiger partial charge in [0.1, 0.15) is 0 Å². The number of hydrogen-bond donors (Lipinski definition) is 1. The number of esters is 1. The summed E-state index contributed by atoms with van der Waals surface area (Å²) in [6, 6.07) is 1.83. The third-order valence-corrected chi connectivity index (χ3v) is 2.73. The van der Waals surface area contributed by atoms with Gasteiger partial charge in [-0.1, -0.05) is 6.42 Å². The third kappa shape index (κ3) is 7.23. The molecule has 1 aromatic rings. The number of aryl methyl sites for hydroxylation is 1. The van der Waals surface area contributed by atoms with Gasteiger partial charge in [0.15, 0.2) is 0 Å². The van der Waals surface area contributed by atoms with Crippen molar-refractivity contribution >= 4 is 11.9 Å². The van der Waals surface area contributed by atoms with Crippen LogP contribution in [-0.2, 0) is 20.9 Å². The first-order valence-electron chi connectivity index (χ1n) is 6.53. The van der Waals surface area contributed by atoms with Gasteiger partial charge in [-0.25, -0.2) is 0 Å². The van der Waals surface area contributed by atoms with E-state index in [4.69, 9.17) is 0 Å². The Morgan fingerprint density at radius 3 is 2.79 bits per heavy atom. The molecule has 6 nitrogen and oxygen atoms in total. The van der Waals surface area contributed by atoms with E-state index in [1.807, 2.05) is 12.3 Å². The van der Waals surface area contributed by atoms with Crippen LogP contribution < -0.4 is 5.32 Å². The molecule has 1 N–H and O–H groups in total. The van der Waals surface area contributed by atoms with Crippen molar-refractivity contribution in [3.8, 4) is 0 Å². The molecule has 1 aromatic heterocycles. The summed E-state index contributed by atoms with van der Waals surface area (Å²) in [6.45, 7) is 1.25. The fraction of sp³-hybridized carbons (Fsp3) is 0.615. The predicted molar refractivity (Wildman–Crippen MR) is 70.3 cm³/mol. The molecular weight excluding hydrogens is 246 g/mol. The molecule has 0 aromatic carbocycles. The highest BCUT2D eigenvalue weighted by Gasteiger charge is 2.02. The zero-order valence-electron chi connectivity index (χ0n) is 11.3. The Kier molecular flexibility index (Phi) is 7.31. The van der Waals surface area contributed by atoms with Crippen molar-refractivity contribution in [2.24, 2.45) is 0 Å². The second-order valence-electron chi connectivity index (χ2n) is 4.26. The second-order valence-corrected chi connectivity index (χ2v) is 4.26. The van der Waals surface area contributed by atoms with Crippen molar-refractivity contribution in [2.45, 2.75) is 38.6 Å². The average Bonchev–Trinajstić information content (AvgIpc) is 2.93. The second kappa shape index (κ2) is 9.13. The largest absolute Gasteiger partial charge is 0.469 e. The molecule has 0 bridgehead atoms. The molecule has 106 valence electrons. The van der Waals surface area contributed by atoms with Crippen LogP contribution in [-0.4, -0.2) is 35.3 Å². The summed E-state index contributed by atoms with van der Waals surface area (Å²) in [5.41, 5.74) is 0. The molecule has 0 spiro atoms. The smallest absolute Gasteiger partial charge is 0.305 e. The van der Waals surface area contributed by atoms with Gasteiger partial charge in [0.25, 0.3) is 0 Å². The SMILES string of the molecule is COC(=O)CCCCCNC(=O)CCn1cccn1. The van der Waals surface area contributed by atoms with E-state index >= 15 is 0 Å². The molecular formula is C13H21N3O3. The van der Waals surface area contributed by atoms with Crippen LogP contribution >= 0.6 is 0 Å². The van der Waals surface area contributed by atoms with Gasteiger partial charge in [-0.3, -0.25) is 14.3 Å². The van der Waals surface area contributed by atoms with Crippen molar-refractivity contribution in [1.82, 2.24) is 15.1 Å². The van der Waals surface area contributed by atoms with E-state index in [1.165, 1.54) is 7.11 Å². The Morgan fingerprint density at radius 2 is 2.11 bits per heavy atom. The first-order valence-corrected chi connectivity index (χ1v) is 6.53. The number of nitrogens with zero attached hydrogens (tertiary/aromatic N) is 2. The highest BCUT2D eigenvalue weighted by molar-refractivity contribution is 5.75. The van der Waals surface area contributed by atoms with Crippen molar-refractivity contribution in [1.29, 1.82) is 0 Å². The number of aromatic nitrogens is 2. The molecule has 0 radical (unpaired) electrons. The van der Waals surface area contributed by atoms with E-state index < -0.39 is 0 Å². The molecule has 0 aliphatic heterocycles. The summed E-state index contributed by atoms with van der Waals surface area (Å²) in [4.78, 5) is 22.3. The predicted octanol–water partition coefficient (Wildman–Crippen LogP) is 1.12. The average molecular weight is 267 g/mol. The maximum atomic E-state index is 11.5. The lowest BCUT2D eigenvalue weighted by Gasteiger charge is -2.05. The molecule has 6 heteroatoms. The minimum absolute atomic E-state index is 0.0310. The summed E-state index contributed by atoms with van der Waals surface area (Å²) in [5, 5.41) is 6.88. The lowest BCUT2D eigenvalue weighted by Crippen LogP contribution is -2.25. The molecule has 0 atom stereocenters. The quantitative estimate of drug-likeness (QED) is 0.537. The minimum atomic E-state index is -0.178. The Balaban J connectivity index is 1.94. The van der Waals surface area contributed by atoms with Crippen LogP contribution in [0.1, 0.15) is 32.1 Å². The molecule has 0 aliphatic carbocycles. The number of ether oxygens (including phenoxy) is 1. The van der Waals surface area contributed by atoms with Crippen LogP contribution in [0.15, 0.2) is 18.5 Å². The standard InChI is InChI=1S/C13H21N3O3/c1-19-13(18)6-3-2-4-8-14-12(17)7-11-16-10-5-9-15-16/h5,9-10H,2-4,6-8,11H2,1H3,(H,14,17). The highest BCUT2D eigenvalue weighted by atomic mass is 16.5. The molecule has 0 fully saturated rings. The summed E-state index contributed by atoms with van der Waals surface area (Å²) >= 11 is 0. The lowest BCUT2D eigenvalue weighted by atomic mass is 10.2. The molecule has 1 rings (SSSR count). The fourth-order valence-electron chi connectivity index (χ4n) is 1.64. The Labute approximate surface area is 113 Å². The molecule has 19 heavy (non-hydrogen) atoms. The summed E-state index contributed by atoms with van der Waals surface area (Å²) < 4.78 is 6.28. The van der Waals surface area contributed by atoms with Crippen LogP contribution in [0.3, 0.4) is 0 Å². The van der Waals surface area contributed by atoms with Crippen LogP contribution in [0.5, 0.6) is 0 Å². The van der Waals surface area contributed by atoms with Gasteiger partial charge in [-0.05, 0) is 18.9 Å². The Bertz CT molecular complexity index is 376. The van der Waals surface area contributed by atoms with Crippen molar-refractivity contribution < 1.29 is 14.3 Å². The first-order chi connectivity index (χ1) is 9.22. The van der Waals surface area contributed by atoms with E-state index in [1.54, 1.807) is 10.9 Å². The third-order valence-electron chi connectivity index (χ3n) is 2.73. The van der Waals surface area contributed by atoms with Gasteiger partial charge in [0.2, 0.25) is 5.91 Å². The number of unbranched alkanes of at least 4 members (excludes halogenated alkanes) is 2. The van der Waals surface area contributed by atoms with Gasteiger partial charge in [0.05, 0.1) is 7.11 Å². The van der Waals surface area contributed by atoms with Crippen molar-refractivity contribution in [3.63, 3.8) is 0 Å². The van der Waals surface area contributed by atoms with E-state index in [2.05, 4.69) is 15.2 Å². The number of carbonyl (C=O) groups is 2. The van der Waals surface area contributed by atoms with E-state index in [9.17, 15) is 9.59 Å². The first kappa shape index (κ1) is 15.2. The van der Waals surface area contributed by atoms with Gasteiger partial charge in [-0.15, -0.1) is 0 Å². The topological polar surface area (TPSA) is 73.2 Å². The zero-order valence-corrected chi connectivity index (χ0v) is 11.3.